The Morgan fingerprint density at radius 3 is 2.92 bits per heavy atom. The van der Waals surface area contributed by atoms with Gasteiger partial charge in [-0.1, -0.05) is 29.5 Å². The number of fused-ring (bicyclic) bond motifs is 2. The summed E-state index contributed by atoms with van der Waals surface area (Å²) in [7, 11) is 0. The van der Waals surface area contributed by atoms with Crippen molar-refractivity contribution in [2.24, 2.45) is 0 Å². The highest BCUT2D eigenvalue weighted by Gasteiger charge is 2.13. The fourth-order valence-electron chi connectivity index (χ4n) is 2.72. The van der Waals surface area contributed by atoms with Gasteiger partial charge >= 0.3 is 0 Å². The van der Waals surface area contributed by atoms with Crippen LogP contribution in [0.3, 0.4) is 0 Å². The second-order valence-corrected chi connectivity index (χ2v) is 6.58. The van der Waals surface area contributed by atoms with Crippen LogP contribution in [0.5, 0.6) is 0 Å². The zero-order valence-corrected chi connectivity index (χ0v) is 13.8. The van der Waals surface area contributed by atoms with E-state index in [0.29, 0.717) is 17.0 Å². The van der Waals surface area contributed by atoms with Crippen LogP contribution in [0.2, 0.25) is 0 Å². The largest absolute Gasteiger partial charge is 0.368 e. The molecule has 0 amide bonds. The Kier molecular flexibility index (Phi) is 2.98. The maximum absolute atomic E-state index is 6.03. The molecule has 0 bridgehead atoms. The lowest BCUT2D eigenvalue weighted by molar-refractivity contribution is 0.886. The Hall–Kier alpha value is -3.39. The summed E-state index contributed by atoms with van der Waals surface area (Å²) in [5.74, 6) is 0.727. The molecule has 0 saturated heterocycles. The molecular formula is C17H13N7S. The average molecular weight is 347 g/mol. The van der Waals surface area contributed by atoms with Crippen LogP contribution < -0.4 is 11.1 Å². The molecule has 0 aliphatic heterocycles. The number of rotatable bonds is 3. The molecule has 3 heterocycles. The van der Waals surface area contributed by atoms with Gasteiger partial charge < -0.3 is 16.0 Å². The van der Waals surface area contributed by atoms with E-state index in [-0.39, 0.29) is 0 Å². The summed E-state index contributed by atoms with van der Waals surface area (Å²) >= 11 is 1.52. The van der Waals surface area contributed by atoms with Gasteiger partial charge in [0.05, 0.1) is 10.2 Å². The predicted molar refractivity (Wildman–Crippen MR) is 101 cm³/mol. The molecule has 8 heteroatoms. The van der Waals surface area contributed by atoms with E-state index in [2.05, 4.69) is 25.4 Å². The van der Waals surface area contributed by atoms with Gasteiger partial charge in [0.2, 0.25) is 17.0 Å². The van der Waals surface area contributed by atoms with Gasteiger partial charge in [-0.15, -0.1) is 5.10 Å². The van der Waals surface area contributed by atoms with Gasteiger partial charge in [0, 0.05) is 17.4 Å². The minimum Gasteiger partial charge on any atom is -0.368 e. The van der Waals surface area contributed by atoms with E-state index in [1.54, 1.807) is 4.68 Å². The maximum Gasteiger partial charge on any atom is 0.248 e. The van der Waals surface area contributed by atoms with Crippen LogP contribution in [-0.4, -0.2) is 24.7 Å². The highest BCUT2D eigenvalue weighted by Crippen LogP contribution is 2.26. The zero-order valence-electron chi connectivity index (χ0n) is 13.0. The van der Waals surface area contributed by atoms with Gasteiger partial charge in [-0.25, -0.2) is 4.98 Å². The lowest BCUT2D eigenvalue weighted by atomic mass is 10.2. The molecule has 0 aliphatic carbocycles. The third kappa shape index (κ3) is 2.39. The number of aromatic nitrogens is 5. The number of hydrogen-bond donors (Lipinski definition) is 3. The standard InChI is InChI=1S/C17H13N7S/c18-15-22-16(20-11-6-5-10-7-8-19-13(10)9-11)23-24(15)17-21-12-3-1-2-4-14(12)25-17/h1-9,19H,(H3,18,20,22,23). The smallest absolute Gasteiger partial charge is 0.248 e. The van der Waals surface area contributed by atoms with Gasteiger partial charge in [0.25, 0.3) is 0 Å². The Morgan fingerprint density at radius 1 is 1.08 bits per heavy atom. The van der Waals surface area contributed by atoms with E-state index in [0.717, 1.165) is 26.8 Å². The molecule has 0 fully saturated rings. The number of nitrogens with one attached hydrogen (secondary N) is 2. The molecular weight excluding hydrogens is 334 g/mol. The molecule has 0 radical (unpaired) electrons. The minimum atomic E-state index is 0.294. The van der Waals surface area contributed by atoms with Crippen LogP contribution in [0.4, 0.5) is 17.6 Å². The van der Waals surface area contributed by atoms with Crippen molar-refractivity contribution in [3.63, 3.8) is 0 Å². The quantitative estimate of drug-likeness (QED) is 0.462. The molecule has 7 nitrogen and oxygen atoms in total. The summed E-state index contributed by atoms with van der Waals surface area (Å²) in [6.07, 6.45) is 1.91. The molecule has 0 spiro atoms. The van der Waals surface area contributed by atoms with Gasteiger partial charge in [0.1, 0.15) is 0 Å². The number of anilines is 3. The summed E-state index contributed by atoms with van der Waals surface area (Å²) in [5, 5.41) is 9.47. The van der Waals surface area contributed by atoms with E-state index in [1.807, 2.05) is 54.7 Å². The van der Waals surface area contributed by atoms with Gasteiger partial charge in [-0.3, -0.25) is 0 Å². The Balaban J connectivity index is 1.50. The lowest BCUT2D eigenvalue weighted by Crippen LogP contribution is -2.01. The van der Waals surface area contributed by atoms with Crippen molar-refractivity contribution in [3.05, 3.63) is 54.7 Å². The second kappa shape index (κ2) is 5.32. The summed E-state index contributed by atoms with van der Waals surface area (Å²) < 4.78 is 2.64. The average Bonchev–Trinajstić information content (AvgIpc) is 3.31. The van der Waals surface area contributed by atoms with Gasteiger partial charge in [-0.2, -0.15) is 9.67 Å². The van der Waals surface area contributed by atoms with Gasteiger partial charge in [-0.05, 0) is 35.7 Å². The molecule has 25 heavy (non-hydrogen) atoms. The molecule has 0 saturated carbocycles. The summed E-state index contributed by atoms with van der Waals surface area (Å²) in [6.45, 7) is 0. The number of H-pyrrole nitrogens is 1. The van der Waals surface area contributed by atoms with Crippen LogP contribution in [-0.2, 0) is 0 Å². The molecule has 5 rings (SSSR count). The Bertz CT molecular complexity index is 1170. The fraction of sp³-hybridized carbons (Fsp3) is 0. The molecule has 2 aromatic carbocycles. The number of nitrogens with two attached hydrogens (primary N) is 1. The number of thiazole rings is 1. The maximum atomic E-state index is 6.03. The number of hydrogen-bond acceptors (Lipinski definition) is 6. The first-order chi connectivity index (χ1) is 12.3. The third-order valence-electron chi connectivity index (χ3n) is 3.91. The SMILES string of the molecule is Nc1nc(Nc2ccc3cc[nH]c3c2)nn1-c1nc2ccccc2s1. The lowest BCUT2D eigenvalue weighted by Gasteiger charge is -2.01. The molecule has 5 aromatic rings. The number of para-hydroxylation sites is 1. The predicted octanol–water partition coefficient (Wildman–Crippen LogP) is 3.68. The normalized spacial score (nSPS) is 11.4. The summed E-state index contributed by atoms with van der Waals surface area (Å²) in [4.78, 5) is 12.0. The van der Waals surface area contributed by atoms with Gasteiger partial charge in [0.15, 0.2) is 0 Å². The van der Waals surface area contributed by atoms with Crippen molar-refractivity contribution < 1.29 is 0 Å². The van der Waals surface area contributed by atoms with E-state index in [1.165, 1.54) is 11.3 Å². The number of benzene rings is 2. The van der Waals surface area contributed by atoms with E-state index >= 15 is 0 Å². The van der Waals surface area contributed by atoms with Crippen LogP contribution in [0, 0.1) is 0 Å². The van der Waals surface area contributed by atoms with Crippen LogP contribution in [0.1, 0.15) is 0 Å². The summed E-state index contributed by atoms with van der Waals surface area (Å²) in [5.41, 5.74) is 8.88. The van der Waals surface area contributed by atoms with Crippen molar-refractivity contribution in [1.29, 1.82) is 0 Å². The molecule has 0 atom stereocenters. The molecule has 0 unspecified atom stereocenters. The first-order valence-corrected chi connectivity index (χ1v) is 8.50. The first kappa shape index (κ1) is 14.0. The highest BCUT2D eigenvalue weighted by molar-refractivity contribution is 7.20. The zero-order chi connectivity index (χ0) is 16.8. The van der Waals surface area contributed by atoms with E-state index in [4.69, 9.17) is 5.73 Å². The van der Waals surface area contributed by atoms with Crippen LogP contribution in [0.15, 0.2) is 54.7 Å². The molecule has 122 valence electrons. The number of nitrogen functional groups attached to an aromatic ring is 1. The van der Waals surface area contributed by atoms with Crippen molar-refractivity contribution in [2.75, 3.05) is 11.1 Å². The third-order valence-corrected chi connectivity index (χ3v) is 4.92. The van der Waals surface area contributed by atoms with E-state index in [9.17, 15) is 0 Å². The second-order valence-electron chi connectivity index (χ2n) is 5.57. The summed E-state index contributed by atoms with van der Waals surface area (Å²) in [6, 6.07) is 16.0. The number of aromatic amines is 1. The fourth-order valence-corrected chi connectivity index (χ4v) is 3.65. The molecule has 0 aliphatic rings. The molecule has 4 N–H and O–H groups in total. The van der Waals surface area contributed by atoms with Crippen molar-refractivity contribution in [2.45, 2.75) is 0 Å². The molecule has 3 aromatic heterocycles. The van der Waals surface area contributed by atoms with Crippen molar-refractivity contribution in [1.82, 2.24) is 24.7 Å². The number of nitrogens with zero attached hydrogens (tertiary/aromatic N) is 4. The van der Waals surface area contributed by atoms with Crippen LogP contribution in [0.25, 0.3) is 26.3 Å². The van der Waals surface area contributed by atoms with Crippen molar-refractivity contribution >= 4 is 50.0 Å². The minimum absolute atomic E-state index is 0.294. The Morgan fingerprint density at radius 2 is 2.00 bits per heavy atom. The monoisotopic (exact) mass is 347 g/mol. The Labute approximate surface area is 146 Å². The van der Waals surface area contributed by atoms with Crippen molar-refractivity contribution in [3.8, 4) is 5.13 Å². The van der Waals surface area contributed by atoms with E-state index < -0.39 is 0 Å². The topological polar surface area (TPSA) is 97.4 Å². The highest BCUT2D eigenvalue weighted by atomic mass is 32.1. The van der Waals surface area contributed by atoms with Crippen LogP contribution >= 0.6 is 11.3 Å². The first-order valence-electron chi connectivity index (χ1n) is 7.69.